The van der Waals surface area contributed by atoms with Gasteiger partial charge in [-0.3, -0.25) is 9.79 Å². The Kier molecular flexibility index (Phi) is 7.64. The van der Waals surface area contributed by atoms with Crippen molar-refractivity contribution in [1.82, 2.24) is 9.80 Å². The van der Waals surface area contributed by atoms with Gasteiger partial charge in [0.2, 0.25) is 0 Å². The Morgan fingerprint density at radius 1 is 1.14 bits per heavy atom. The summed E-state index contributed by atoms with van der Waals surface area (Å²) in [6.45, 7) is 14.4. The molecule has 1 saturated carbocycles. The van der Waals surface area contributed by atoms with Crippen LogP contribution in [-0.2, 0) is 4.79 Å². The van der Waals surface area contributed by atoms with Gasteiger partial charge >= 0.3 is 0 Å². The second-order valence-electron chi connectivity index (χ2n) is 8.32. The second kappa shape index (κ2) is 9.55. The summed E-state index contributed by atoms with van der Waals surface area (Å²) in [6, 6.07) is 0. The van der Waals surface area contributed by atoms with Gasteiger partial charge in [0.15, 0.2) is 0 Å². The Bertz CT molecular complexity index is 683. The van der Waals surface area contributed by atoms with Gasteiger partial charge in [-0.1, -0.05) is 19.1 Å². The molecule has 1 aliphatic heterocycles. The molecule has 0 unspecified atom stereocenters. The van der Waals surface area contributed by atoms with E-state index in [-0.39, 0.29) is 5.91 Å². The van der Waals surface area contributed by atoms with E-state index in [9.17, 15) is 9.90 Å². The van der Waals surface area contributed by atoms with E-state index in [4.69, 9.17) is 4.99 Å². The number of rotatable bonds is 7. The largest absolute Gasteiger partial charge is 0.381 e. The van der Waals surface area contributed by atoms with Crippen molar-refractivity contribution in [3.05, 3.63) is 35.2 Å². The van der Waals surface area contributed by atoms with Gasteiger partial charge in [0.05, 0.1) is 0 Å². The highest BCUT2D eigenvalue weighted by molar-refractivity contribution is 6.03. The highest BCUT2D eigenvalue weighted by Crippen LogP contribution is 2.41. The SMILES string of the molecule is C\C=C(C(/C(C)=N/C=C/CC)=C(/C)N1CCN(C(=O)C(C)(C)O)CC1)\C1CC1. The summed E-state index contributed by atoms with van der Waals surface area (Å²) in [6.07, 6.45) is 9.70. The Balaban J connectivity index is 2.25. The zero-order valence-corrected chi connectivity index (χ0v) is 18.5. The first-order valence-corrected chi connectivity index (χ1v) is 10.5. The lowest BCUT2D eigenvalue weighted by atomic mass is 9.94. The number of allylic oxidation sites excluding steroid dienone is 5. The molecule has 28 heavy (non-hydrogen) atoms. The van der Waals surface area contributed by atoms with Crippen LogP contribution in [0.5, 0.6) is 0 Å². The molecule has 0 atom stereocenters. The number of aliphatic hydroxyl groups is 1. The molecule has 2 aliphatic rings. The van der Waals surface area contributed by atoms with Gasteiger partial charge in [-0.05, 0) is 65.4 Å². The van der Waals surface area contributed by atoms with E-state index in [1.165, 1.54) is 29.7 Å². The van der Waals surface area contributed by atoms with Crippen molar-refractivity contribution in [2.75, 3.05) is 26.2 Å². The van der Waals surface area contributed by atoms with Crippen LogP contribution in [0, 0.1) is 5.92 Å². The van der Waals surface area contributed by atoms with Gasteiger partial charge in [-0.2, -0.15) is 0 Å². The number of nitrogens with zero attached hydrogens (tertiary/aromatic N) is 3. The van der Waals surface area contributed by atoms with Crippen molar-refractivity contribution in [3.63, 3.8) is 0 Å². The number of aliphatic imine (C=N–C) groups is 1. The first kappa shape index (κ1) is 22.4. The lowest BCUT2D eigenvalue weighted by Crippen LogP contribution is -2.53. The molecule has 1 heterocycles. The molecule has 0 spiro atoms. The molecule has 0 aromatic rings. The molecule has 0 bridgehead atoms. The van der Waals surface area contributed by atoms with E-state index in [0.717, 1.165) is 25.2 Å². The molecule has 1 aliphatic carbocycles. The summed E-state index contributed by atoms with van der Waals surface area (Å²) in [5.41, 5.74) is 3.64. The number of carbonyl (C=O) groups is 1. The Morgan fingerprint density at radius 3 is 2.18 bits per heavy atom. The number of hydrogen-bond acceptors (Lipinski definition) is 4. The van der Waals surface area contributed by atoms with Gasteiger partial charge in [-0.15, -0.1) is 0 Å². The Hall–Kier alpha value is -1.88. The van der Waals surface area contributed by atoms with Crippen LogP contribution >= 0.6 is 0 Å². The van der Waals surface area contributed by atoms with Crippen LogP contribution in [0.25, 0.3) is 0 Å². The quantitative estimate of drug-likeness (QED) is 0.532. The summed E-state index contributed by atoms with van der Waals surface area (Å²) < 4.78 is 0. The summed E-state index contributed by atoms with van der Waals surface area (Å²) >= 11 is 0. The molecule has 0 aromatic carbocycles. The maximum Gasteiger partial charge on any atom is 0.254 e. The van der Waals surface area contributed by atoms with E-state index in [1.54, 1.807) is 18.7 Å². The maximum absolute atomic E-state index is 12.3. The van der Waals surface area contributed by atoms with E-state index in [0.29, 0.717) is 19.0 Å². The molecule has 1 saturated heterocycles. The highest BCUT2D eigenvalue weighted by atomic mass is 16.3. The van der Waals surface area contributed by atoms with Crippen molar-refractivity contribution in [3.8, 4) is 0 Å². The monoisotopic (exact) mass is 387 g/mol. The molecule has 5 heteroatoms. The molecular weight excluding hydrogens is 350 g/mol. The zero-order chi connectivity index (χ0) is 20.9. The topological polar surface area (TPSA) is 56.1 Å². The third-order valence-corrected chi connectivity index (χ3v) is 5.51. The van der Waals surface area contributed by atoms with Gasteiger partial charge in [0.1, 0.15) is 5.60 Å². The average molecular weight is 388 g/mol. The van der Waals surface area contributed by atoms with Crippen LogP contribution in [0.15, 0.2) is 40.2 Å². The van der Waals surface area contributed by atoms with Crippen LogP contribution in [-0.4, -0.2) is 58.3 Å². The molecule has 0 aromatic heterocycles. The van der Waals surface area contributed by atoms with Gasteiger partial charge < -0.3 is 14.9 Å². The number of hydrogen-bond donors (Lipinski definition) is 1. The Labute approximate surface area is 170 Å². The Morgan fingerprint density at radius 2 is 1.71 bits per heavy atom. The minimum absolute atomic E-state index is 0.191. The molecule has 2 rings (SSSR count). The van der Waals surface area contributed by atoms with Crippen molar-refractivity contribution in [1.29, 1.82) is 0 Å². The van der Waals surface area contributed by atoms with Crippen LogP contribution in [0.1, 0.15) is 60.8 Å². The van der Waals surface area contributed by atoms with E-state index in [2.05, 4.69) is 44.7 Å². The van der Waals surface area contributed by atoms with E-state index >= 15 is 0 Å². The van der Waals surface area contributed by atoms with Crippen LogP contribution in [0.3, 0.4) is 0 Å². The summed E-state index contributed by atoms with van der Waals surface area (Å²) in [5, 5.41) is 10.0. The number of carbonyl (C=O) groups excluding carboxylic acids is 1. The molecule has 2 fully saturated rings. The van der Waals surface area contributed by atoms with Gasteiger partial charge in [-0.25, -0.2) is 0 Å². The van der Waals surface area contributed by atoms with E-state index in [1.807, 2.05) is 6.20 Å². The predicted octanol–water partition coefficient (Wildman–Crippen LogP) is 3.92. The molecule has 5 nitrogen and oxygen atoms in total. The standard InChI is InChI=1S/C23H37N3O2/c1-7-9-12-24-17(3)21(20(8-2)19-10-11-19)18(4)25-13-15-26(16-14-25)22(27)23(5,6)28/h8-9,12,19,28H,7,10-11,13-16H2,1-6H3/b12-9+,20-8-,21-18-,24-17+. The minimum Gasteiger partial charge on any atom is -0.381 e. The van der Waals surface area contributed by atoms with Crippen molar-refractivity contribution in [2.24, 2.45) is 10.9 Å². The molecule has 156 valence electrons. The maximum atomic E-state index is 12.3. The third-order valence-electron chi connectivity index (χ3n) is 5.51. The van der Waals surface area contributed by atoms with Crippen molar-refractivity contribution in [2.45, 2.75) is 66.4 Å². The summed E-state index contributed by atoms with van der Waals surface area (Å²) in [4.78, 5) is 21.2. The normalized spacial score (nSPS) is 20.7. The fourth-order valence-corrected chi connectivity index (χ4v) is 3.78. The van der Waals surface area contributed by atoms with Gasteiger partial charge in [0.25, 0.3) is 5.91 Å². The number of piperazine rings is 1. The summed E-state index contributed by atoms with van der Waals surface area (Å²) in [7, 11) is 0. The predicted molar refractivity (Wildman–Crippen MR) is 116 cm³/mol. The smallest absolute Gasteiger partial charge is 0.254 e. The third kappa shape index (κ3) is 5.57. The van der Waals surface area contributed by atoms with Crippen molar-refractivity contribution >= 4 is 11.6 Å². The fraction of sp³-hybridized carbons (Fsp3) is 0.652. The molecule has 0 radical (unpaired) electrons. The number of amides is 1. The molecular formula is C23H37N3O2. The zero-order valence-electron chi connectivity index (χ0n) is 18.5. The first-order chi connectivity index (χ1) is 13.2. The lowest BCUT2D eigenvalue weighted by Gasteiger charge is -2.39. The van der Waals surface area contributed by atoms with E-state index < -0.39 is 5.60 Å². The first-order valence-electron chi connectivity index (χ1n) is 10.5. The van der Waals surface area contributed by atoms with Gasteiger partial charge in [0, 0.05) is 49.4 Å². The van der Waals surface area contributed by atoms with Crippen molar-refractivity contribution < 1.29 is 9.90 Å². The average Bonchev–Trinajstić information content (AvgIpc) is 3.49. The summed E-state index contributed by atoms with van der Waals surface area (Å²) in [5.74, 6) is 0.455. The lowest BCUT2D eigenvalue weighted by molar-refractivity contribution is -0.149. The van der Waals surface area contributed by atoms with Crippen LogP contribution < -0.4 is 0 Å². The fourth-order valence-electron chi connectivity index (χ4n) is 3.78. The van der Waals surface area contributed by atoms with Crippen LogP contribution in [0.2, 0.25) is 0 Å². The highest BCUT2D eigenvalue weighted by Gasteiger charge is 2.33. The molecule has 1 N–H and O–H groups in total. The molecule has 1 amide bonds. The second-order valence-corrected chi connectivity index (χ2v) is 8.32. The minimum atomic E-state index is -1.31. The van der Waals surface area contributed by atoms with Crippen LogP contribution in [0.4, 0.5) is 0 Å².